The highest BCUT2D eigenvalue weighted by molar-refractivity contribution is 5.66. The summed E-state index contributed by atoms with van der Waals surface area (Å²) in [6.45, 7) is 0.685. The lowest BCUT2D eigenvalue weighted by molar-refractivity contribution is -0.752. The molecule has 0 atom stereocenters. The summed E-state index contributed by atoms with van der Waals surface area (Å²) in [4.78, 5) is 19.6. The smallest absolute Gasteiger partial charge is 0.309 e. The molecule has 152 valence electrons. The Kier molecular flexibility index (Phi) is 7.86. The molecule has 28 heavy (non-hydrogen) atoms. The number of methoxy groups -OCH3 is 1. The van der Waals surface area contributed by atoms with Gasteiger partial charge < -0.3 is 9.84 Å². The van der Waals surface area contributed by atoms with E-state index in [1.807, 2.05) is 12.3 Å². The number of aryl methyl sites for hydroxylation is 3. The van der Waals surface area contributed by atoms with Crippen LogP contribution in [-0.2, 0) is 28.9 Å². The monoisotopic (exact) mass is 395 g/mol. The summed E-state index contributed by atoms with van der Waals surface area (Å²) in [6.07, 6.45) is 9.92. The van der Waals surface area contributed by atoms with Gasteiger partial charge in [-0.2, -0.15) is 0 Å². The number of aromatic nitrogens is 4. The molecule has 0 spiro atoms. The molecular formula is C19H25F2N4O3+. The predicted octanol–water partition coefficient (Wildman–Crippen LogP) is 2.47. The van der Waals surface area contributed by atoms with Crippen LogP contribution in [0.2, 0.25) is 0 Å². The lowest BCUT2D eigenvalue weighted by Crippen LogP contribution is -2.38. The summed E-state index contributed by atoms with van der Waals surface area (Å²) in [5.41, 5.74) is 3.26. The number of rotatable bonds is 6. The molecular weight excluding hydrogens is 370 g/mol. The summed E-state index contributed by atoms with van der Waals surface area (Å²) in [7, 11) is 1.25. The Labute approximate surface area is 162 Å². The quantitative estimate of drug-likeness (QED) is 0.756. The van der Waals surface area contributed by atoms with E-state index in [0.29, 0.717) is 12.4 Å². The average molecular weight is 395 g/mol. The Hall–Kier alpha value is -2.55. The highest BCUT2D eigenvalue weighted by Crippen LogP contribution is 2.21. The molecule has 2 aromatic heterocycles. The molecule has 0 bridgehead atoms. The van der Waals surface area contributed by atoms with E-state index in [1.165, 1.54) is 25.5 Å². The molecule has 0 saturated heterocycles. The first kappa shape index (κ1) is 21.7. The van der Waals surface area contributed by atoms with Gasteiger partial charge in [-0.1, -0.05) is 4.68 Å². The van der Waals surface area contributed by atoms with Gasteiger partial charge >= 0.3 is 5.97 Å². The van der Waals surface area contributed by atoms with Crippen LogP contribution < -0.4 is 4.68 Å². The fraction of sp³-hybridized carbons (Fsp3) is 0.526. The van der Waals surface area contributed by atoms with E-state index in [9.17, 15) is 13.6 Å². The molecule has 2 heterocycles. The fourth-order valence-electron chi connectivity index (χ4n) is 2.73. The molecule has 0 aliphatic heterocycles. The standard InChI is InChI=1S/C15H16N4O2.C4H8F2O/c20-14(21)6-8-19-7-5-12(10-17-19)15-16-9-11-3-1-2-4-13(11)18-15;1-4(5,6)3-7-2/h5,7,9-10H,1-4,6,8H2;3H2,1-2H3/p+1. The maximum Gasteiger partial charge on any atom is 0.309 e. The Morgan fingerprint density at radius 3 is 2.64 bits per heavy atom. The zero-order chi connectivity index (χ0) is 20.6. The summed E-state index contributed by atoms with van der Waals surface area (Å²) in [5.74, 6) is -2.81. The molecule has 2 aromatic rings. The number of nitrogens with zero attached hydrogens (tertiary/aromatic N) is 4. The molecule has 3 rings (SSSR count). The van der Waals surface area contributed by atoms with Crippen molar-refractivity contribution in [2.45, 2.75) is 51.5 Å². The van der Waals surface area contributed by atoms with E-state index in [-0.39, 0.29) is 6.42 Å². The molecule has 0 saturated carbocycles. The highest BCUT2D eigenvalue weighted by Gasteiger charge is 2.19. The van der Waals surface area contributed by atoms with Gasteiger partial charge in [0.15, 0.2) is 18.6 Å². The first-order chi connectivity index (χ1) is 13.3. The number of carbonyl (C=O) groups is 1. The molecule has 0 radical (unpaired) electrons. The summed E-state index contributed by atoms with van der Waals surface area (Å²) in [6, 6.07) is 1.87. The third kappa shape index (κ3) is 7.22. The Balaban J connectivity index is 0.000000345. The Morgan fingerprint density at radius 1 is 1.32 bits per heavy atom. The second kappa shape index (κ2) is 10.1. The van der Waals surface area contributed by atoms with Crippen molar-refractivity contribution in [2.24, 2.45) is 0 Å². The number of aliphatic carboxylic acids is 1. The van der Waals surface area contributed by atoms with E-state index in [2.05, 4.69) is 19.8 Å². The number of carboxylic acids is 1. The van der Waals surface area contributed by atoms with Gasteiger partial charge in [0.2, 0.25) is 0 Å². The normalized spacial score (nSPS) is 13.3. The lowest BCUT2D eigenvalue weighted by Gasteiger charge is -2.14. The van der Waals surface area contributed by atoms with Gasteiger partial charge in [-0.3, -0.25) is 4.79 Å². The second-order valence-corrected chi connectivity index (χ2v) is 6.70. The zero-order valence-corrected chi connectivity index (χ0v) is 16.1. The van der Waals surface area contributed by atoms with E-state index in [4.69, 9.17) is 5.11 Å². The number of carboxylic acid groups (broad SMARTS) is 1. The van der Waals surface area contributed by atoms with Gasteiger partial charge in [-0.05, 0) is 36.3 Å². The van der Waals surface area contributed by atoms with Gasteiger partial charge in [-0.25, -0.2) is 18.7 Å². The van der Waals surface area contributed by atoms with Crippen molar-refractivity contribution in [1.29, 1.82) is 0 Å². The molecule has 0 fully saturated rings. The molecule has 1 aliphatic carbocycles. The predicted molar refractivity (Wildman–Crippen MR) is 96.8 cm³/mol. The Morgan fingerprint density at radius 2 is 2.07 bits per heavy atom. The molecule has 1 N–H and O–H groups in total. The topological polar surface area (TPSA) is 89.1 Å². The van der Waals surface area contributed by atoms with Gasteiger partial charge in [0.25, 0.3) is 5.92 Å². The minimum Gasteiger partial charge on any atom is -0.481 e. The summed E-state index contributed by atoms with van der Waals surface area (Å²) in [5, 5.41) is 12.9. The number of ether oxygens (including phenoxy) is 1. The van der Waals surface area contributed by atoms with Gasteiger partial charge in [-0.15, -0.1) is 0 Å². The van der Waals surface area contributed by atoms with Crippen LogP contribution in [0.4, 0.5) is 8.78 Å². The third-order valence-corrected chi connectivity index (χ3v) is 4.05. The van der Waals surface area contributed by atoms with Gasteiger partial charge in [0.1, 0.15) is 19.2 Å². The summed E-state index contributed by atoms with van der Waals surface area (Å²) >= 11 is 0. The van der Waals surface area contributed by atoms with Crippen LogP contribution in [-0.4, -0.2) is 45.8 Å². The minimum absolute atomic E-state index is 0.0619. The first-order valence-electron chi connectivity index (χ1n) is 9.08. The molecule has 9 heteroatoms. The molecule has 0 unspecified atom stereocenters. The van der Waals surface area contributed by atoms with Crippen LogP contribution >= 0.6 is 0 Å². The van der Waals surface area contributed by atoms with Crippen molar-refractivity contribution in [1.82, 2.24) is 15.1 Å². The first-order valence-corrected chi connectivity index (χ1v) is 9.08. The van der Waals surface area contributed by atoms with Gasteiger partial charge in [0, 0.05) is 37.6 Å². The number of hydrogen-bond acceptors (Lipinski definition) is 5. The van der Waals surface area contributed by atoms with Crippen molar-refractivity contribution in [3.05, 3.63) is 35.9 Å². The zero-order valence-electron chi connectivity index (χ0n) is 16.1. The molecule has 1 aliphatic rings. The molecule has 0 amide bonds. The van der Waals surface area contributed by atoms with Crippen molar-refractivity contribution >= 4 is 5.97 Å². The number of halogens is 2. The second-order valence-electron chi connectivity index (χ2n) is 6.70. The fourth-order valence-corrected chi connectivity index (χ4v) is 2.73. The largest absolute Gasteiger partial charge is 0.481 e. The number of hydrogen-bond donors (Lipinski definition) is 1. The molecule has 7 nitrogen and oxygen atoms in total. The van der Waals surface area contributed by atoms with Crippen molar-refractivity contribution in [3.63, 3.8) is 0 Å². The minimum atomic E-state index is -2.67. The van der Waals surface area contributed by atoms with Crippen molar-refractivity contribution in [3.8, 4) is 11.4 Å². The van der Waals surface area contributed by atoms with Crippen molar-refractivity contribution < 1.29 is 28.1 Å². The van der Waals surface area contributed by atoms with E-state index in [0.717, 1.165) is 31.0 Å². The van der Waals surface area contributed by atoms with Crippen LogP contribution in [0.25, 0.3) is 11.4 Å². The van der Waals surface area contributed by atoms with E-state index < -0.39 is 18.5 Å². The molecule has 0 aromatic carbocycles. The van der Waals surface area contributed by atoms with E-state index >= 15 is 0 Å². The van der Waals surface area contributed by atoms with Crippen LogP contribution in [0.3, 0.4) is 0 Å². The summed E-state index contributed by atoms with van der Waals surface area (Å²) < 4.78 is 29.0. The van der Waals surface area contributed by atoms with Crippen LogP contribution in [0.5, 0.6) is 0 Å². The van der Waals surface area contributed by atoms with Crippen LogP contribution in [0.1, 0.15) is 37.4 Å². The maximum atomic E-state index is 11.6. The Bertz CT molecular complexity index is 780. The van der Waals surface area contributed by atoms with Crippen LogP contribution in [0, 0.1) is 0 Å². The highest BCUT2D eigenvalue weighted by atomic mass is 19.3. The van der Waals surface area contributed by atoms with E-state index in [1.54, 1.807) is 17.1 Å². The SMILES string of the molecule is COCC(C)(F)F.O=C(O)CC[n+]1ccc(-c2ncc3c(n2)CCCC3)cn1. The third-order valence-electron chi connectivity index (χ3n) is 4.05. The average Bonchev–Trinajstić information content (AvgIpc) is 2.66. The van der Waals surface area contributed by atoms with Crippen LogP contribution in [0.15, 0.2) is 24.7 Å². The number of fused-ring (bicyclic) bond motifs is 1. The van der Waals surface area contributed by atoms with Gasteiger partial charge in [0.05, 0.1) is 0 Å². The lowest BCUT2D eigenvalue weighted by atomic mass is 9.97. The number of alkyl halides is 2. The van der Waals surface area contributed by atoms with Crippen molar-refractivity contribution in [2.75, 3.05) is 13.7 Å². The maximum absolute atomic E-state index is 11.6.